The molecule has 0 saturated heterocycles. The molecule has 4 rings (SSSR count). The number of hydrogen-bond acceptors (Lipinski definition) is 5. The molecule has 186 valence electrons. The number of benzene rings is 3. The number of rotatable bonds is 7. The molecule has 4 aromatic rings. The highest BCUT2D eigenvalue weighted by Crippen LogP contribution is 2.29. The van der Waals surface area contributed by atoms with Crippen molar-refractivity contribution in [3.63, 3.8) is 0 Å². The van der Waals surface area contributed by atoms with Crippen LogP contribution in [0.5, 0.6) is 5.75 Å². The van der Waals surface area contributed by atoms with Crippen LogP contribution >= 0.6 is 11.6 Å². The lowest BCUT2D eigenvalue weighted by Crippen LogP contribution is -2.55. The minimum absolute atomic E-state index is 0.0691. The van der Waals surface area contributed by atoms with Crippen molar-refractivity contribution in [1.29, 1.82) is 0 Å². The Labute approximate surface area is 208 Å². The number of nitrogens with two attached hydrogens (primary N) is 1. The normalized spacial score (nSPS) is 11.9. The van der Waals surface area contributed by atoms with Crippen molar-refractivity contribution in [3.8, 4) is 11.4 Å². The summed E-state index contributed by atoms with van der Waals surface area (Å²) in [5, 5.41) is -0.0691. The van der Waals surface area contributed by atoms with Gasteiger partial charge in [0.1, 0.15) is 22.4 Å². The van der Waals surface area contributed by atoms with Crippen molar-refractivity contribution < 1.29 is 13.5 Å². The van der Waals surface area contributed by atoms with Crippen molar-refractivity contribution in [2.24, 2.45) is 5.73 Å². The van der Waals surface area contributed by atoms with Crippen molar-refractivity contribution >= 4 is 11.6 Å². The Hall–Kier alpha value is -4.02. The van der Waals surface area contributed by atoms with Gasteiger partial charge in [-0.1, -0.05) is 54.1 Å². The summed E-state index contributed by atoms with van der Waals surface area (Å²) in [5.74, 6) is -1.73. The summed E-state index contributed by atoms with van der Waals surface area (Å²) in [6.07, 6.45) is 0. The number of ether oxygens (including phenoxy) is 1. The molecule has 11 heteroatoms. The van der Waals surface area contributed by atoms with Gasteiger partial charge in [-0.25, -0.2) is 36.9 Å². The summed E-state index contributed by atoms with van der Waals surface area (Å²) in [6.45, 7) is -1.08. The third-order valence-corrected chi connectivity index (χ3v) is 6.07. The Balaban J connectivity index is 1.99. The first-order chi connectivity index (χ1) is 17.2. The number of nitrogens with zero attached hydrogens (tertiary/aromatic N) is 3. The molecule has 0 aliphatic rings. The van der Waals surface area contributed by atoms with Crippen LogP contribution in [0.2, 0.25) is 5.02 Å². The van der Waals surface area contributed by atoms with E-state index in [-0.39, 0.29) is 23.0 Å². The van der Waals surface area contributed by atoms with E-state index >= 15 is 0 Å². The lowest BCUT2D eigenvalue weighted by molar-refractivity contribution is 0.414. The van der Waals surface area contributed by atoms with Crippen molar-refractivity contribution in [2.45, 2.75) is 19.1 Å². The third-order valence-electron chi connectivity index (χ3n) is 5.69. The molecule has 8 nitrogen and oxygen atoms in total. The molecule has 0 amide bonds. The first-order valence-electron chi connectivity index (χ1n) is 10.8. The topological polar surface area (TPSA) is 101 Å². The molecule has 3 aromatic carbocycles. The molecule has 0 spiro atoms. The maximum atomic E-state index is 14.4. The van der Waals surface area contributed by atoms with Gasteiger partial charge >= 0.3 is 17.1 Å². The van der Waals surface area contributed by atoms with Crippen LogP contribution < -0.4 is 27.5 Å². The van der Waals surface area contributed by atoms with E-state index in [2.05, 4.69) is 0 Å². The Morgan fingerprint density at radius 3 is 2.11 bits per heavy atom. The van der Waals surface area contributed by atoms with Gasteiger partial charge in [-0.05, 0) is 29.8 Å². The van der Waals surface area contributed by atoms with Crippen LogP contribution in [0.25, 0.3) is 5.69 Å². The molecule has 0 bridgehead atoms. The average molecular weight is 515 g/mol. The monoisotopic (exact) mass is 514 g/mol. The van der Waals surface area contributed by atoms with Gasteiger partial charge in [0.05, 0.1) is 25.9 Å². The summed E-state index contributed by atoms with van der Waals surface area (Å²) in [4.78, 5) is 40.3. The molecule has 0 aliphatic heterocycles. The lowest BCUT2D eigenvalue weighted by Gasteiger charge is -2.18. The van der Waals surface area contributed by atoms with E-state index in [0.29, 0.717) is 14.7 Å². The van der Waals surface area contributed by atoms with Gasteiger partial charge in [0.2, 0.25) is 0 Å². The Bertz CT molecular complexity index is 1580. The second-order valence-corrected chi connectivity index (χ2v) is 8.27. The van der Waals surface area contributed by atoms with Crippen LogP contribution in [0.1, 0.15) is 17.2 Å². The van der Waals surface area contributed by atoms with E-state index < -0.39 is 46.9 Å². The molecule has 0 saturated carbocycles. The second kappa shape index (κ2) is 10.3. The smallest absolute Gasteiger partial charge is 0.341 e. The SMILES string of the molecule is COc1cccc(-n2c(=O)n(Cc3c(F)cccc3F)c(=O)n(CC(N)c3ccccc3)c2=O)c1Cl. The van der Waals surface area contributed by atoms with Gasteiger partial charge < -0.3 is 10.5 Å². The first kappa shape index (κ1) is 25.1. The van der Waals surface area contributed by atoms with Crippen LogP contribution in [-0.2, 0) is 13.1 Å². The highest BCUT2D eigenvalue weighted by atomic mass is 35.5. The predicted molar refractivity (Wildman–Crippen MR) is 131 cm³/mol. The number of aromatic nitrogens is 3. The van der Waals surface area contributed by atoms with Gasteiger partial charge in [0.15, 0.2) is 0 Å². The summed E-state index contributed by atoms with van der Waals surface area (Å²) in [6, 6.07) is 15.5. The van der Waals surface area contributed by atoms with Crippen LogP contribution in [0.4, 0.5) is 8.78 Å². The highest BCUT2D eigenvalue weighted by Gasteiger charge is 2.23. The summed E-state index contributed by atoms with van der Waals surface area (Å²) >= 11 is 6.38. The van der Waals surface area contributed by atoms with E-state index in [1.54, 1.807) is 30.3 Å². The van der Waals surface area contributed by atoms with Gasteiger partial charge in [-0.15, -0.1) is 0 Å². The van der Waals surface area contributed by atoms with Gasteiger partial charge in [0, 0.05) is 11.6 Å². The average Bonchev–Trinajstić information content (AvgIpc) is 2.87. The van der Waals surface area contributed by atoms with Gasteiger partial charge in [0.25, 0.3) is 0 Å². The minimum Gasteiger partial charge on any atom is -0.495 e. The molecule has 36 heavy (non-hydrogen) atoms. The Morgan fingerprint density at radius 1 is 0.861 bits per heavy atom. The van der Waals surface area contributed by atoms with E-state index in [0.717, 1.165) is 22.8 Å². The lowest BCUT2D eigenvalue weighted by atomic mass is 10.1. The van der Waals surface area contributed by atoms with E-state index in [1.165, 1.54) is 25.3 Å². The Morgan fingerprint density at radius 2 is 1.47 bits per heavy atom. The zero-order valence-corrected chi connectivity index (χ0v) is 19.8. The molecule has 2 N–H and O–H groups in total. The van der Waals surface area contributed by atoms with Crippen molar-refractivity contribution in [1.82, 2.24) is 13.7 Å². The van der Waals surface area contributed by atoms with E-state index in [4.69, 9.17) is 22.1 Å². The molecule has 0 radical (unpaired) electrons. The standard InChI is InChI=1S/C25H21ClF2N4O4/c1-36-21-12-6-11-20(22(21)26)32-24(34)30(13-16-17(27)9-5-10-18(16)28)23(33)31(25(32)35)14-19(29)15-7-3-2-4-8-15/h2-12,19H,13-14,29H2,1H3. The van der Waals surface area contributed by atoms with Crippen LogP contribution in [0, 0.1) is 11.6 Å². The fraction of sp³-hybridized carbons (Fsp3) is 0.160. The second-order valence-electron chi connectivity index (χ2n) is 7.89. The summed E-state index contributed by atoms with van der Waals surface area (Å²) in [7, 11) is 1.35. The van der Waals surface area contributed by atoms with Crippen LogP contribution in [0.15, 0.2) is 81.1 Å². The zero-order valence-electron chi connectivity index (χ0n) is 19.0. The number of hydrogen-bond donors (Lipinski definition) is 1. The fourth-order valence-corrected chi connectivity index (χ4v) is 4.09. The highest BCUT2D eigenvalue weighted by molar-refractivity contribution is 6.33. The van der Waals surface area contributed by atoms with Crippen LogP contribution in [0.3, 0.4) is 0 Å². The number of halogens is 3. The molecule has 1 heterocycles. The molecule has 1 aromatic heterocycles. The Kier molecular flexibility index (Phi) is 7.18. The molecule has 1 unspecified atom stereocenters. The fourth-order valence-electron chi connectivity index (χ4n) is 3.80. The van der Waals surface area contributed by atoms with E-state index in [9.17, 15) is 23.2 Å². The molecular weight excluding hydrogens is 494 g/mol. The maximum absolute atomic E-state index is 14.4. The van der Waals surface area contributed by atoms with Crippen molar-refractivity contribution in [2.75, 3.05) is 7.11 Å². The molecule has 0 fully saturated rings. The van der Waals surface area contributed by atoms with Crippen molar-refractivity contribution in [3.05, 3.63) is 126 Å². The molecule has 1 atom stereocenters. The summed E-state index contributed by atoms with van der Waals surface area (Å²) in [5.41, 5.74) is 3.08. The predicted octanol–water partition coefficient (Wildman–Crippen LogP) is 2.85. The quantitative estimate of drug-likeness (QED) is 0.409. The van der Waals surface area contributed by atoms with Gasteiger partial charge in [-0.2, -0.15) is 0 Å². The zero-order chi connectivity index (χ0) is 26.0. The third kappa shape index (κ3) is 4.60. The maximum Gasteiger partial charge on any atom is 0.341 e. The van der Waals surface area contributed by atoms with E-state index in [1.807, 2.05) is 0 Å². The first-order valence-corrected chi connectivity index (χ1v) is 11.1. The molecular formula is C25H21ClF2N4O4. The number of methoxy groups -OCH3 is 1. The van der Waals surface area contributed by atoms with Crippen LogP contribution in [-0.4, -0.2) is 20.8 Å². The van der Waals surface area contributed by atoms with Gasteiger partial charge in [-0.3, -0.25) is 0 Å². The summed E-state index contributed by atoms with van der Waals surface area (Å²) < 4.78 is 36.0. The minimum atomic E-state index is -1.13. The largest absolute Gasteiger partial charge is 0.495 e. The molecule has 0 aliphatic carbocycles.